The summed E-state index contributed by atoms with van der Waals surface area (Å²) in [5.41, 5.74) is 9.94. The van der Waals surface area contributed by atoms with E-state index >= 15 is 0 Å². The molecule has 1 aliphatic carbocycles. The highest BCUT2D eigenvalue weighted by molar-refractivity contribution is 5.21. The maximum atomic E-state index is 9.51. The Balaban J connectivity index is 2.82. The van der Waals surface area contributed by atoms with Crippen LogP contribution in [0.15, 0.2) is 16.4 Å². The Hall–Kier alpha value is -0.990. The van der Waals surface area contributed by atoms with E-state index in [9.17, 15) is 5.11 Å². The van der Waals surface area contributed by atoms with Crippen LogP contribution in [0.5, 0.6) is 0 Å². The lowest BCUT2D eigenvalue weighted by Gasteiger charge is -2.09. The molecule has 0 spiro atoms. The number of aliphatic hydroxyl groups is 1. The fourth-order valence-corrected chi connectivity index (χ4v) is 1.52. The first kappa shape index (κ1) is 9.10. The fourth-order valence-electron chi connectivity index (χ4n) is 1.52. The smallest absolute Gasteiger partial charge is 0.0751 e. The quantitative estimate of drug-likeness (QED) is 0.391. The van der Waals surface area contributed by atoms with Crippen LogP contribution in [0.3, 0.4) is 0 Å². The van der Waals surface area contributed by atoms with Crippen LogP contribution >= 0.6 is 0 Å². The monoisotopic (exact) mass is 167 g/mol. The van der Waals surface area contributed by atoms with Gasteiger partial charge in [-0.3, -0.25) is 0 Å². The van der Waals surface area contributed by atoms with Gasteiger partial charge < -0.3 is 5.11 Å². The highest BCUT2D eigenvalue weighted by Crippen LogP contribution is 2.30. The first-order valence-corrected chi connectivity index (χ1v) is 4.24. The molecule has 1 N–H and O–H groups in total. The van der Waals surface area contributed by atoms with Crippen LogP contribution in [0.1, 0.15) is 32.6 Å². The van der Waals surface area contributed by atoms with Crippen molar-refractivity contribution in [3.63, 3.8) is 0 Å². The van der Waals surface area contributed by atoms with Gasteiger partial charge in [0.15, 0.2) is 0 Å². The van der Waals surface area contributed by atoms with E-state index in [2.05, 4.69) is 10.0 Å². The molecule has 4 nitrogen and oxygen atoms in total. The molecule has 0 amide bonds. The third-order valence-electron chi connectivity index (χ3n) is 2.18. The molecule has 1 aliphatic rings. The van der Waals surface area contributed by atoms with Gasteiger partial charge in [-0.1, -0.05) is 12.0 Å². The van der Waals surface area contributed by atoms with Crippen LogP contribution in [0.25, 0.3) is 10.4 Å². The maximum Gasteiger partial charge on any atom is 0.0751 e. The summed E-state index contributed by atoms with van der Waals surface area (Å²) in [6, 6.07) is 0. The van der Waals surface area contributed by atoms with Crippen LogP contribution in [0.4, 0.5) is 0 Å². The van der Waals surface area contributed by atoms with Gasteiger partial charge in [0.05, 0.1) is 6.10 Å². The first-order valence-electron chi connectivity index (χ1n) is 4.24. The first-order chi connectivity index (χ1) is 5.79. The van der Waals surface area contributed by atoms with Crippen molar-refractivity contribution >= 4 is 0 Å². The number of azide groups is 1. The zero-order chi connectivity index (χ0) is 8.97. The Morgan fingerprint density at radius 3 is 3.00 bits per heavy atom. The highest BCUT2D eigenvalue weighted by atomic mass is 16.3. The molecule has 0 saturated carbocycles. The maximum absolute atomic E-state index is 9.51. The summed E-state index contributed by atoms with van der Waals surface area (Å²) in [5.74, 6) is 0. The lowest BCUT2D eigenvalue weighted by Crippen LogP contribution is -2.07. The van der Waals surface area contributed by atoms with E-state index in [1.165, 1.54) is 0 Å². The van der Waals surface area contributed by atoms with E-state index in [4.69, 9.17) is 5.53 Å². The largest absolute Gasteiger partial charge is 0.389 e. The van der Waals surface area contributed by atoms with Gasteiger partial charge in [-0.15, -0.1) is 0 Å². The number of allylic oxidation sites excluding steroid dienone is 1. The van der Waals surface area contributed by atoms with Gasteiger partial charge in [0.1, 0.15) is 0 Å². The molecule has 1 atom stereocenters. The van der Waals surface area contributed by atoms with E-state index < -0.39 is 6.10 Å². The van der Waals surface area contributed by atoms with Crippen molar-refractivity contribution in [3.8, 4) is 0 Å². The van der Waals surface area contributed by atoms with Gasteiger partial charge in [0.2, 0.25) is 0 Å². The highest BCUT2D eigenvalue weighted by Gasteiger charge is 2.18. The standard InChI is InChI=1S/C8H13N3O/c1-2-8(12)6-4-3-5-7(6)10-11-9/h8,12H,2-5H2,1H3. The summed E-state index contributed by atoms with van der Waals surface area (Å²) >= 11 is 0. The van der Waals surface area contributed by atoms with Gasteiger partial charge in [-0.25, -0.2) is 0 Å². The molecule has 0 aliphatic heterocycles. The van der Waals surface area contributed by atoms with Crippen molar-refractivity contribution in [2.45, 2.75) is 38.7 Å². The van der Waals surface area contributed by atoms with Crippen molar-refractivity contribution < 1.29 is 5.11 Å². The second kappa shape index (κ2) is 4.14. The molecule has 0 heterocycles. The predicted molar refractivity (Wildman–Crippen MR) is 46.3 cm³/mol. The molecular formula is C8H13N3O. The number of aliphatic hydroxyl groups excluding tert-OH is 1. The topological polar surface area (TPSA) is 69.0 Å². The van der Waals surface area contributed by atoms with Crippen molar-refractivity contribution in [3.05, 3.63) is 21.7 Å². The molecule has 1 rings (SSSR count). The SMILES string of the molecule is CCC(O)C1=C(N=[N+]=[N-])CCC1. The van der Waals surface area contributed by atoms with E-state index in [1.54, 1.807) is 0 Å². The van der Waals surface area contributed by atoms with Crippen LogP contribution in [-0.2, 0) is 0 Å². The van der Waals surface area contributed by atoms with E-state index in [0.29, 0.717) is 6.42 Å². The molecule has 0 aromatic heterocycles. The molecular weight excluding hydrogens is 154 g/mol. The van der Waals surface area contributed by atoms with Gasteiger partial charge in [-0.2, -0.15) is 0 Å². The van der Waals surface area contributed by atoms with E-state index in [1.807, 2.05) is 6.92 Å². The average Bonchev–Trinajstić information content (AvgIpc) is 2.52. The number of rotatable bonds is 3. The third-order valence-corrected chi connectivity index (χ3v) is 2.18. The molecule has 0 aromatic carbocycles. The Bertz CT molecular complexity index is 241. The minimum atomic E-state index is -0.409. The van der Waals surface area contributed by atoms with Crippen molar-refractivity contribution in [2.24, 2.45) is 5.11 Å². The molecule has 0 saturated heterocycles. The molecule has 1 unspecified atom stereocenters. The van der Waals surface area contributed by atoms with Gasteiger partial charge in [-0.05, 0) is 36.8 Å². The summed E-state index contributed by atoms with van der Waals surface area (Å²) in [6.45, 7) is 1.92. The molecule has 0 fully saturated rings. The van der Waals surface area contributed by atoms with Crippen molar-refractivity contribution in [1.29, 1.82) is 0 Å². The lowest BCUT2D eigenvalue weighted by atomic mass is 10.1. The second-order valence-corrected chi connectivity index (χ2v) is 2.94. The molecule has 4 heteroatoms. The van der Waals surface area contributed by atoms with Crippen LogP contribution < -0.4 is 0 Å². The van der Waals surface area contributed by atoms with Crippen LogP contribution in [0.2, 0.25) is 0 Å². The normalized spacial score (nSPS) is 19.2. The summed E-state index contributed by atoms with van der Waals surface area (Å²) in [5, 5.41) is 13.1. The molecule has 0 radical (unpaired) electrons. The molecule has 0 aromatic rings. The summed E-state index contributed by atoms with van der Waals surface area (Å²) in [4.78, 5) is 2.74. The van der Waals surface area contributed by atoms with E-state index in [0.717, 1.165) is 30.5 Å². The Kier molecular flexibility index (Phi) is 3.14. The average molecular weight is 167 g/mol. The summed E-state index contributed by atoms with van der Waals surface area (Å²) in [7, 11) is 0. The second-order valence-electron chi connectivity index (χ2n) is 2.94. The Morgan fingerprint density at radius 2 is 2.42 bits per heavy atom. The minimum absolute atomic E-state index is 0.409. The van der Waals surface area contributed by atoms with Crippen LogP contribution in [0, 0.1) is 0 Å². The lowest BCUT2D eigenvalue weighted by molar-refractivity contribution is 0.203. The van der Waals surface area contributed by atoms with Gasteiger partial charge in [0.25, 0.3) is 0 Å². The molecule has 0 bridgehead atoms. The number of nitrogens with zero attached hydrogens (tertiary/aromatic N) is 3. The van der Waals surface area contributed by atoms with Crippen LogP contribution in [-0.4, -0.2) is 11.2 Å². The summed E-state index contributed by atoms with van der Waals surface area (Å²) in [6.07, 6.45) is 2.98. The Morgan fingerprint density at radius 1 is 1.67 bits per heavy atom. The van der Waals surface area contributed by atoms with Gasteiger partial charge >= 0.3 is 0 Å². The van der Waals surface area contributed by atoms with Gasteiger partial charge in [0, 0.05) is 10.6 Å². The Labute approximate surface area is 71.5 Å². The number of hydrogen-bond donors (Lipinski definition) is 1. The summed E-state index contributed by atoms with van der Waals surface area (Å²) < 4.78 is 0. The third kappa shape index (κ3) is 1.78. The predicted octanol–water partition coefficient (Wildman–Crippen LogP) is 2.51. The van der Waals surface area contributed by atoms with Crippen molar-refractivity contribution in [2.75, 3.05) is 0 Å². The fraction of sp³-hybridized carbons (Fsp3) is 0.750. The minimum Gasteiger partial charge on any atom is -0.389 e. The van der Waals surface area contributed by atoms with Crippen molar-refractivity contribution in [1.82, 2.24) is 0 Å². The zero-order valence-electron chi connectivity index (χ0n) is 7.19. The zero-order valence-corrected chi connectivity index (χ0v) is 7.19. The molecule has 12 heavy (non-hydrogen) atoms. The number of hydrogen-bond acceptors (Lipinski definition) is 2. The van der Waals surface area contributed by atoms with E-state index in [-0.39, 0.29) is 0 Å². The molecule has 66 valence electrons.